The van der Waals surface area contributed by atoms with Crippen molar-refractivity contribution in [3.05, 3.63) is 28.2 Å². The zero-order valence-electron chi connectivity index (χ0n) is 9.90. The molecule has 0 unspecified atom stereocenters. The van der Waals surface area contributed by atoms with E-state index in [1.165, 1.54) is 0 Å². The fourth-order valence-electron chi connectivity index (χ4n) is 1.78. The monoisotopic (exact) mass is 331 g/mol. The molecule has 1 aliphatic heterocycles. The van der Waals surface area contributed by atoms with Gasteiger partial charge in [-0.2, -0.15) is 0 Å². The number of anilines is 1. The highest BCUT2D eigenvalue weighted by atomic mass is 79.9. The Hall–Kier alpha value is -1.08. The van der Waals surface area contributed by atoms with Gasteiger partial charge in [0.15, 0.2) is 0 Å². The maximum Gasteiger partial charge on any atom is 0.229 e. The van der Waals surface area contributed by atoms with Crippen molar-refractivity contribution in [3.8, 4) is 0 Å². The lowest BCUT2D eigenvalue weighted by atomic mass is 10.1. The Balaban J connectivity index is 2.20. The zero-order chi connectivity index (χ0) is 13.2. The van der Waals surface area contributed by atoms with E-state index in [0.29, 0.717) is 12.1 Å². The number of sulfonamides is 1. The van der Waals surface area contributed by atoms with E-state index in [1.807, 2.05) is 12.1 Å². The van der Waals surface area contributed by atoms with Crippen molar-refractivity contribution in [2.75, 3.05) is 24.1 Å². The molecule has 0 aromatic heterocycles. The van der Waals surface area contributed by atoms with Crippen LogP contribution in [0.1, 0.15) is 5.56 Å². The third kappa shape index (κ3) is 3.99. The SMILES string of the molecule is CS(=O)(=O)Nc1cc(Br)cc(CC2=NCCN2)c1. The van der Waals surface area contributed by atoms with Gasteiger partial charge in [0.05, 0.1) is 12.8 Å². The minimum Gasteiger partial charge on any atom is -0.372 e. The number of rotatable bonds is 4. The van der Waals surface area contributed by atoms with Crippen molar-refractivity contribution in [3.63, 3.8) is 0 Å². The van der Waals surface area contributed by atoms with Gasteiger partial charge in [0, 0.05) is 23.1 Å². The molecule has 1 aromatic carbocycles. The molecule has 18 heavy (non-hydrogen) atoms. The van der Waals surface area contributed by atoms with Gasteiger partial charge < -0.3 is 5.32 Å². The lowest BCUT2D eigenvalue weighted by Gasteiger charge is -2.08. The van der Waals surface area contributed by atoms with E-state index >= 15 is 0 Å². The number of hydrogen-bond acceptors (Lipinski definition) is 4. The summed E-state index contributed by atoms with van der Waals surface area (Å²) in [6.07, 6.45) is 1.81. The minimum atomic E-state index is -3.25. The summed E-state index contributed by atoms with van der Waals surface area (Å²) in [7, 11) is -3.25. The van der Waals surface area contributed by atoms with Crippen LogP contribution in [-0.4, -0.2) is 33.6 Å². The molecule has 1 aliphatic rings. The molecule has 0 aliphatic carbocycles. The Morgan fingerprint density at radius 2 is 2.22 bits per heavy atom. The largest absolute Gasteiger partial charge is 0.372 e. The van der Waals surface area contributed by atoms with Crippen molar-refractivity contribution in [2.45, 2.75) is 6.42 Å². The van der Waals surface area contributed by atoms with Gasteiger partial charge in [-0.05, 0) is 23.8 Å². The minimum absolute atomic E-state index is 0.556. The molecular formula is C11H14BrN3O2S. The van der Waals surface area contributed by atoms with E-state index in [1.54, 1.807) is 6.07 Å². The quantitative estimate of drug-likeness (QED) is 0.875. The van der Waals surface area contributed by atoms with Crippen LogP contribution in [0.3, 0.4) is 0 Å². The molecular weight excluding hydrogens is 318 g/mol. The molecule has 0 atom stereocenters. The van der Waals surface area contributed by atoms with Gasteiger partial charge in [0.2, 0.25) is 10.0 Å². The summed E-state index contributed by atoms with van der Waals surface area (Å²) in [6.45, 7) is 1.68. The van der Waals surface area contributed by atoms with E-state index in [-0.39, 0.29) is 0 Å². The Morgan fingerprint density at radius 3 is 2.83 bits per heavy atom. The highest BCUT2D eigenvalue weighted by Crippen LogP contribution is 2.21. The zero-order valence-corrected chi connectivity index (χ0v) is 12.3. The number of halogens is 1. The van der Waals surface area contributed by atoms with Gasteiger partial charge >= 0.3 is 0 Å². The lowest BCUT2D eigenvalue weighted by molar-refractivity contribution is 0.607. The molecule has 0 saturated heterocycles. The fraction of sp³-hybridized carbons (Fsp3) is 0.364. The first kappa shape index (κ1) is 13.4. The molecule has 1 heterocycles. The molecule has 0 amide bonds. The number of aliphatic imine (C=N–C) groups is 1. The topological polar surface area (TPSA) is 70.6 Å². The molecule has 2 N–H and O–H groups in total. The second kappa shape index (κ2) is 5.27. The predicted octanol–water partition coefficient (Wildman–Crippen LogP) is 1.36. The first-order valence-corrected chi connectivity index (χ1v) is 8.15. The van der Waals surface area contributed by atoms with Crippen molar-refractivity contribution < 1.29 is 8.42 Å². The smallest absolute Gasteiger partial charge is 0.229 e. The van der Waals surface area contributed by atoms with E-state index in [4.69, 9.17) is 0 Å². The van der Waals surface area contributed by atoms with Gasteiger partial charge in [0.25, 0.3) is 0 Å². The van der Waals surface area contributed by atoms with Crippen LogP contribution in [-0.2, 0) is 16.4 Å². The standard InChI is InChI=1S/C11H14BrN3O2S/c1-18(16,17)15-10-5-8(4-9(12)7-10)6-11-13-2-3-14-11/h4-5,7,15H,2-3,6H2,1H3,(H,13,14). The molecule has 2 rings (SSSR count). The third-order valence-corrected chi connectivity index (χ3v) is 3.44. The van der Waals surface area contributed by atoms with Crippen LogP contribution in [0.4, 0.5) is 5.69 Å². The number of benzene rings is 1. The molecule has 0 fully saturated rings. The van der Waals surface area contributed by atoms with Gasteiger partial charge in [-0.25, -0.2) is 8.42 Å². The number of nitrogens with zero attached hydrogens (tertiary/aromatic N) is 1. The predicted molar refractivity (Wildman–Crippen MR) is 76.6 cm³/mol. The van der Waals surface area contributed by atoms with Gasteiger partial charge in [-0.1, -0.05) is 15.9 Å². The number of hydrogen-bond donors (Lipinski definition) is 2. The number of nitrogens with one attached hydrogen (secondary N) is 2. The fourth-order valence-corrected chi connectivity index (χ4v) is 2.87. The maximum absolute atomic E-state index is 11.2. The van der Waals surface area contributed by atoms with E-state index in [0.717, 1.165) is 35.2 Å². The van der Waals surface area contributed by atoms with Crippen LogP contribution >= 0.6 is 15.9 Å². The second-order valence-electron chi connectivity index (χ2n) is 4.15. The summed E-state index contributed by atoms with van der Waals surface area (Å²) < 4.78 is 25.7. The van der Waals surface area contributed by atoms with Crippen molar-refractivity contribution >= 4 is 37.5 Å². The second-order valence-corrected chi connectivity index (χ2v) is 6.82. The summed E-state index contributed by atoms with van der Waals surface area (Å²) in [6, 6.07) is 5.50. The van der Waals surface area contributed by atoms with Crippen LogP contribution < -0.4 is 10.0 Å². The molecule has 0 radical (unpaired) electrons. The van der Waals surface area contributed by atoms with Crippen LogP contribution in [0.25, 0.3) is 0 Å². The van der Waals surface area contributed by atoms with Crippen LogP contribution in [0, 0.1) is 0 Å². The van der Waals surface area contributed by atoms with Crippen LogP contribution in [0.15, 0.2) is 27.7 Å². The van der Waals surface area contributed by atoms with Crippen molar-refractivity contribution in [1.82, 2.24) is 5.32 Å². The lowest BCUT2D eigenvalue weighted by Crippen LogP contribution is -2.20. The van der Waals surface area contributed by atoms with Crippen molar-refractivity contribution in [1.29, 1.82) is 0 Å². The molecule has 7 heteroatoms. The van der Waals surface area contributed by atoms with Crippen LogP contribution in [0.2, 0.25) is 0 Å². The third-order valence-electron chi connectivity index (χ3n) is 2.38. The first-order valence-electron chi connectivity index (χ1n) is 5.47. The number of amidine groups is 1. The van der Waals surface area contributed by atoms with Crippen molar-refractivity contribution in [2.24, 2.45) is 4.99 Å². The normalized spacial score (nSPS) is 15.1. The van der Waals surface area contributed by atoms with Gasteiger partial charge in [0.1, 0.15) is 5.84 Å². The molecule has 98 valence electrons. The summed E-state index contributed by atoms with van der Waals surface area (Å²) in [4.78, 5) is 4.32. The Bertz CT molecular complexity index is 584. The molecule has 1 aromatic rings. The Labute approximate surface area is 115 Å². The average Bonchev–Trinajstić information content (AvgIpc) is 2.66. The average molecular weight is 332 g/mol. The van der Waals surface area contributed by atoms with E-state index in [9.17, 15) is 8.42 Å². The van der Waals surface area contributed by atoms with E-state index < -0.39 is 10.0 Å². The maximum atomic E-state index is 11.2. The molecule has 0 saturated carbocycles. The highest BCUT2D eigenvalue weighted by molar-refractivity contribution is 9.10. The molecule has 0 bridgehead atoms. The Morgan fingerprint density at radius 1 is 1.44 bits per heavy atom. The Kier molecular flexibility index (Phi) is 3.91. The summed E-state index contributed by atoms with van der Waals surface area (Å²) >= 11 is 3.37. The van der Waals surface area contributed by atoms with E-state index in [2.05, 4.69) is 31.0 Å². The summed E-state index contributed by atoms with van der Waals surface area (Å²) in [5.41, 5.74) is 1.56. The van der Waals surface area contributed by atoms with Gasteiger partial charge in [-0.15, -0.1) is 0 Å². The summed E-state index contributed by atoms with van der Waals surface area (Å²) in [5, 5.41) is 3.19. The molecule has 0 spiro atoms. The van der Waals surface area contributed by atoms with Gasteiger partial charge in [-0.3, -0.25) is 9.71 Å². The van der Waals surface area contributed by atoms with Crippen LogP contribution in [0.5, 0.6) is 0 Å². The summed E-state index contributed by atoms with van der Waals surface area (Å²) in [5.74, 6) is 0.943. The highest BCUT2D eigenvalue weighted by Gasteiger charge is 2.09. The molecule has 5 nitrogen and oxygen atoms in total. The first-order chi connectivity index (χ1) is 8.42.